The molecule has 3 heterocycles. The summed E-state index contributed by atoms with van der Waals surface area (Å²) in [5.74, 6) is 2.32. The van der Waals surface area contributed by atoms with Gasteiger partial charge in [-0.1, -0.05) is 24.3 Å². The highest BCUT2D eigenvalue weighted by molar-refractivity contribution is 7.21. The third-order valence-corrected chi connectivity index (χ3v) is 8.39. The number of pyridine rings is 1. The number of fused-ring (bicyclic) bond motifs is 1. The molecule has 0 bridgehead atoms. The Kier molecular flexibility index (Phi) is 7.53. The Morgan fingerprint density at radius 1 is 1.05 bits per heavy atom. The van der Waals surface area contributed by atoms with Gasteiger partial charge in [0.15, 0.2) is 5.52 Å². The summed E-state index contributed by atoms with van der Waals surface area (Å²) in [5, 5.41) is 17.5. The van der Waals surface area contributed by atoms with Crippen molar-refractivity contribution in [3.63, 3.8) is 0 Å². The number of anilines is 2. The van der Waals surface area contributed by atoms with Crippen molar-refractivity contribution in [2.45, 2.75) is 46.6 Å². The Labute approximate surface area is 221 Å². The molecule has 0 amide bonds. The van der Waals surface area contributed by atoms with E-state index in [0.29, 0.717) is 24.3 Å². The van der Waals surface area contributed by atoms with Crippen LogP contribution in [-0.4, -0.2) is 40.3 Å². The summed E-state index contributed by atoms with van der Waals surface area (Å²) in [6, 6.07) is 10.4. The molecule has 1 aliphatic carbocycles. The zero-order valence-corrected chi connectivity index (χ0v) is 22.7. The molecule has 2 atom stereocenters. The summed E-state index contributed by atoms with van der Waals surface area (Å²) in [7, 11) is 1.65. The van der Waals surface area contributed by atoms with Crippen LogP contribution in [0.25, 0.3) is 20.8 Å². The van der Waals surface area contributed by atoms with Crippen molar-refractivity contribution in [2.75, 3.05) is 30.9 Å². The fraction of sp³-hybridized carbons (Fsp3) is 0.429. The average molecular weight is 520 g/mol. The highest BCUT2D eigenvalue weighted by Gasteiger charge is 2.26. The van der Waals surface area contributed by atoms with Gasteiger partial charge in [0.25, 0.3) is 5.69 Å². The van der Waals surface area contributed by atoms with Gasteiger partial charge in [0.2, 0.25) is 12.1 Å². The van der Waals surface area contributed by atoms with Gasteiger partial charge in [-0.05, 0) is 56.1 Å². The lowest BCUT2D eigenvalue weighted by Gasteiger charge is -2.17. The number of aryl methyl sites for hydroxylation is 3. The van der Waals surface area contributed by atoms with Crippen molar-refractivity contribution in [2.24, 2.45) is 11.8 Å². The topological polar surface area (TPSA) is 96.1 Å². The third kappa shape index (κ3) is 5.38. The molecule has 37 heavy (non-hydrogen) atoms. The average Bonchev–Trinajstić information content (AvgIpc) is 3.54. The van der Waals surface area contributed by atoms with Gasteiger partial charge in [0.05, 0.1) is 16.0 Å². The van der Waals surface area contributed by atoms with Crippen LogP contribution in [0.15, 0.2) is 36.5 Å². The smallest absolute Gasteiger partial charge is 0.258 e. The number of aliphatic hydroxyl groups excluding tert-OH is 1. The van der Waals surface area contributed by atoms with E-state index in [0.717, 1.165) is 63.8 Å². The van der Waals surface area contributed by atoms with Crippen LogP contribution in [0.3, 0.4) is 0 Å². The van der Waals surface area contributed by atoms with Crippen molar-refractivity contribution in [1.29, 1.82) is 0 Å². The minimum Gasteiger partial charge on any atom is -0.396 e. The monoisotopic (exact) mass is 519 g/mol. The highest BCUT2D eigenvalue weighted by Crippen LogP contribution is 2.37. The summed E-state index contributed by atoms with van der Waals surface area (Å²) in [4.78, 5) is 20.2. The van der Waals surface area contributed by atoms with E-state index in [1.54, 1.807) is 23.2 Å². The maximum absolute atomic E-state index is 9.57. The molecular formula is C28H35N6O2S+. The van der Waals surface area contributed by atoms with E-state index in [-0.39, 0.29) is 6.61 Å². The van der Waals surface area contributed by atoms with Crippen LogP contribution in [0.1, 0.15) is 41.8 Å². The Morgan fingerprint density at radius 3 is 2.62 bits per heavy atom. The van der Waals surface area contributed by atoms with Crippen LogP contribution in [-0.2, 0) is 6.54 Å². The number of aromatic nitrogens is 4. The van der Waals surface area contributed by atoms with Gasteiger partial charge < -0.3 is 15.7 Å². The van der Waals surface area contributed by atoms with Crippen molar-refractivity contribution < 1.29 is 14.7 Å². The molecule has 1 aliphatic rings. The predicted octanol–water partition coefficient (Wildman–Crippen LogP) is 4.46. The van der Waals surface area contributed by atoms with Crippen LogP contribution < -0.4 is 20.2 Å². The van der Waals surface area contributed by atoms with E-state index < -0.39 is 0 Å². The summed E-state index contributed by atoms with van der Waals surface area (Å²) in [6.07, 6.45) is 5.16. The number of hydrogen-bond donors (Lipinski definition) is 3. The first kappa shape index (κ1) is 25.4. The molecule has 1 aromatic carbocycles. The molecule has 0 spiro atoms. The van der Waals surface area contributed by atoms with Crippen LogP contribution in [0.4, 0.5) is 11.8 Å². The number of thiazole rings is 1. The number of nitrogens with one attached hydrogen (secondary N) is 2. The molecule has 194 valence electrons. The van der Waals surface area contributed by atoms with Gasteiger partial charge in [0.1, 0.15) is 17.9 Å². The lowest BCUT2D eigenvalue weighted by molar-refractivity contribution is -0.888. The van der Waals surface area contributed by atoms with Crippen LogP contribution >= 0.6 is 11.3 Å². The largest absolute Gasteiger partial charge is 0.396 e. The maximum Gasteiger partial charge on any atom is 0.258 e. The quantitative estimate of drug-likeness (QED) is 0.281. The van der Waals surface area contributed by atoms with Gasteiger partial charge in [0, 0.05) is 37.4 Å². The zero-order valence-electron chi connectivity index (χ0n) is 21.9. The van der Waals surface area contributed by atoms with Gasteiger partial charge in [-0.2, -0.15) is 4.98 Å². The Bertz CT molecular complexity index is 1410. The molecule has 1 saturated carbocycles. The van der Waals surface area contributed by atoms with Crippen LogP contribution in [0.5, 0.6) is 0 Å². The summed E-state index contributed by atoms with van der Waals surface area (Å²) in [6.45, 7) is 7.88. The summed E-state index contributed by atoms with van der Waals surface area (Å²) >= 11 is 1.64. The first-order valence-corrected chi connectivity index (χ1v) is 13.7. The molecular weight excluding hydrogens is 484 g/mol. The normalized spacial score (nSPS) is 17.3. The third-order valence-electron chi connectivity index (χ3n) is 7.35. The van der Waals surface area contributed by atoms with Crippen molar-refractivity contribution in [1.82, 2.24) is 15.0 Å². The minimum absolute atomic E-state index is 0.272. The van der Waals surface area contributed by atoms with E-state index in [1.165, 1.54) is 11.1 Å². The second-order valence-electron chi connectivity index (χ2n) is 9.89. The molecule has 0 radical (unpaired) electrons. The van der Waals surface area contributed by atoms with Crippen molar-refractivity contribution in [3.05, 3.63) is 59.0 Å². The van der Waals surface area contributed by atoms with E-state index in [9.17, 15) is 5.11 Å². The van der Waals surface area contributed by atoms with Crippen LogP contribution in [0, 0.1) is 32.6 Å². The Hall–Kier alpha value is -3.30. The maximum atomic E-state index is 9.57. The SMILES string of the molecule is CO[n+]1ccc2sc(-c3c(C)nc(NCc4ccccc4C)nc3NCC3CCC(CO)C3)nc2c1C. The molecule has 0 aliphatic heterocycles. The molecule has 1 fully saturated rings. The summed E-state index contributed by atoms with van der Waals surface area (Å²) < 4.78 is 2.82. The van der Waals surface area contributed by atoms with Crippen LogP contribution in [0.2, 0.25) is 0 Å². The number of benzene rings is 1. The molecule has 4 aromatic rings. The van der Waals surface area contributed by atoms with E-state index >= 15 is 0 Å². The second kappa shape index (κ2) is 11.0. The number of rotatable bonds is 9. The van der Waals surface area contributed by atoms with Gasteiger partial charge in [-0.25, -0.2) is 9.97 Å². The number of aliphatic hydroxyl groups is 1. The van der Waals surface area contributed by atoms with E-state index in [4.69, 9.17) is 19.8 Å². The highest BCUT2D eigenvalue weighted by atomic mass is 32.1. The Balaban J connectivity index is 1.48. The second-order valence-corrected chi connectivity index (χ2v) is 10.9. The lowest BCUT2D eigenvalue weighted by atomic mass is 10.1. The summed E-state index contributed by atoms with van der Waals surface area (Å²) in [5.41, 5.74) is 6.13. The first-order chi connectivity index (χ1) is 18.0. The minimum atomic E-state index is 0.272. The van der Waals surface area contributed by atoms with Gasteiger partial charge in [-0.15, -0.1) is 11.3 Å². The Morgan fingerprint density at radius 2 is 1.86 bits per heavy atom. The van der Waals surface area contributed by atoms with Gasteiger partial charge in [-0.3, -0.25) is 4.84 Å². The van der Waals surface area contributed by atoms with E-state index in [1.807, 2.05) is 26.1 Å². The molecule has 3 N–H and O–H groups in total. The van der Waals surface area contributed by atoms with Crippen molar-refractivity contribution >= 4 is 33.3 Å². The molecule has 8 nitrogen and oxygen atoms in total. The van der Waals surface area contributed by atoms with Gasteiger partial charge >= 0.3 is 0 Å². The van der Waals surface area contributed by atoms with E-state index in [2.05, 4.69) is 41.8 Å². The molecule has 0 saturated heterocycles. The van der Waals surface area contributed by atoms with Crippen molar-refractivity contribution in [3.8, 4) is 10.6 Å². The lowest BCUT2D eigenvalue weighted by Crippen LogP contribution is -2.42. The molecule has 3 aromatic heterocycles. The standard InChI is InChI=1S/C28H35N6O2S/c1-17-7-5-6-8-22(17)15-30-28-31-18(2)24(26(33-28)29-14-20-9-10-21(13-20)16-35)27-32-25-19(3)34(36-4)12-11-23(25)37-27/h5-8,11-12,20-21,35H,9-10,13-16H2,1-4H3,(H2,29,30,31,33)/q+1. The predicted molar refractivity (Wildman–Crippen MR) is 148 cm³/mol. The first-order valence-electron chi connectivity index (χ1n) is 12.8. The fourth-order valence-electron chi connectivity index (χ4n) is 5.15. The molecule has 2 unspecified atom stereocenters. The number of hydrogen-bond acceptors (Lipinski definition) is 8. The zero-order chi connectivity index (χ0) is 25.9. The molecule has 9 heteroatoms. The fourth-order valence-corrected chi connectivity index (χ4v) is 6.26. The molecule has 5 rings (SSSR count). The number of nitrogens with zero attached hydrogens (tertiary/aromatic N) is 4.